The molecule has 1 saturated heterocycles. The summed E-state index contributed by atoms with van der Waals surface area (Å²) in [7, 11) is -2.07. The summed E-state index contributed by atoms with van der Waals surface area (Å²) in [5.41, 5.74) is 2.31. The molecule has 0 saturated carbocycles. The molecule has 0 spiro atoms. The van der Waals surface area contributed by atoms with Crippen LogP contribution < -0.4 is 36.3 Å². The zero-order valence-electron chi connectivity index (χ0n) is 33.2. The van der Waals surface area contributed by atoms with Crippen LogP contribution in [-0.4, -0.2) is 133 Å². The van der Waals surface area contributed by atoms with Crippen LogP contribution in [0.15, 0.2) is 115 Å². The Balaban J connectivity index is 0.00000171. The maximum Gasteiger partial charge on any atom is 3.00 e. The minimum Gasteiger partial charge on any atom is -0.549 e. The van der Waals surface area contributed by atoms with Gasteiger partial charge in [-0.3, -0.25) is 19.6 Å². The van der Waals surface area contributed by atoms with Crippen LogP contribution in [0, 0.1) is 39.9 Å². The predicted molar refractivity (Wildman–Crippen MR) is 213 cm³/mol. The quantitative estimate of drug-likeness (QED) is 0.121. The van der Waals surface area contributed by atoms with E-state index >= 15 is 0 Å². The monoisotopic (exact) mass is 1020 g/mol. The molecule has 0 bridgehead atoms. The number of aliphatic carboxylic acids is 4. The molecule has 1 fully saturated rings. The van der Waals surface area contributed by atoms with E-state index in [0.717, 1.165) is 11.7 Å². The largest absolute Gasteiger partial charge is 3.00 e. The number of benzene rings is 4. The molecule has 331 valence electrons. The summed E-state index contributed by atoms with van der Waals surface area (Å²) in [6.45, 7) is 2.84. The third-order valence-electron chi connectivity index (χ3n) is 9.66. The van der Waals surface area contributed by atoms with Crippen LogP contribution in [0.3, 0.4) is 0 Å². The van der Waals surface area contributed by atoms with E-state index in [0.29, 0.717) is 58.9 Å². The third kappa shape index (κ3) is 18.1. The first-order chi connectivity index (χ1) is 27.6. The van der Waals surface area contributed by atoms with Gasteiger partial charge in [-0.2, -0.15) is 13.2 Å². The van der Waals surface area contributed by atoms with Gasteiger partial charge in [0, 0.05) is 78.5 Å². The molecular weight excluding hydrogens is 966 g/mol. The van der Waals surface area contributed by atoms with E-state index in [1.54, 1.807) is 14.7 Å². The van der Waals surface area contributed by atoms with E-state index in [1.165, 1.54) is 21.5 Å². The molecule has 14 nitrogen and oxygen atoms in total. The van der Waals surface area contributed by atoms with E-state index in [1.807, 2.05) is 0 Å². The van der Waals surface area contributed by atoms with Gasteiger partial charge in [-0.15, -0.1) is 0 Å². The number of carboxylic acids is 4. The topological polar surface area (TPSA) is 236 Å². The van der Waals surface area contributed by atoms with Crippen molar-refractivity contribution in [1.82, 2.24) is 19.6 Å². The third-order valence-corrected chi connectivity index (χ3v) is 14.0. The van der Waals surface area contributed by atoms with Crippen molar-refractivity contribution in [2.45, 2.75) is 18.9 Å². The van der Waals surface area contributed by atoms with Crippen molar-refractivity contribution >= 4 is 47.1 Å². The Morgan fingerprint density at radius 2 is 0.738 bits per heavy atom. The Hall–Kier alpha value is -3.94. The number of carbonyl (C=O) groups excluding carboxylic acids is 4. The average Bonchev–Trinajstić information content (AvgIpc) is 3.19. The van der Waals surface area contributed by atoms with Crippen LogP contribution in [0.5, 0.6) is 0 Å². The van der Waals surface area contributed by atoms with Gasteiger partial charge in [0.2, 0.25) is 0 Å². The number of alkyl halides is 3. The summed E-state index contributed by atoms with van der Waals surface area (Å²) >= 11 is 0. The Labute approximate surface area is 385 Å². The van der Waals surface area contributed by atoms with Gasteiger partial charge in [-0.25, -0.2) is 0 Å². The van der Waals surface area contributed by atoms with Crippen LogP contribution in [0.1, 0.15) is 11.1 Å². The first kappa shape index (κ1) is 55.1. The van der Waals surface area contributed by atoms with E-state index in [-0.39, 0.29) is 70.5 Å². The minimum absolute atomic E-state index is 0. The molecule has 0 unspecified atom stereocenters. The zero-order valence-corrected chi connectivity index (χ0v) is 36.3. The van der Waals surface area contributed by atoms with Crippen molar-refractivity contribution in [1.29, 1.82) is 0 Å². The number of nitrogens with zero attached hydrogens (tertiary/aromatic N) is 4. The molecule has 0 aliphatic carbocycles. The van der Waals surface area contributed by atoms with Gasteiger partial charge in [0.1, 0.15) is 29.1 Å². The molecule has 0 atom stereocenters. The average molecular weight is 1020 g/mol. The van der Waals surface area contributed by atoms with Crippen molar-refractivity contribution in [3.05, 3.63) is 126 Å². The summed E-state index contributed by atoms with van der Waals surface area (Å²) in [6.07, 6.45) is -4.35. The fourth-order valence-corrected chi connectivity index (χ4v) is 11.1. The second kappa shape index (κ2) is 27.2. The van der Waals surface area contributed by atoms with Crippen LogP contribution in [0.25, 0.3) is 0 Å². The van der Waals surface area contributed by atoms with Gasteiger partial charge < -0.3 is 50.6 Å². The standard InChI is InChI=1S/C40H47N4O6P.C2HF3O2.Gd.2H2O/c45-38(46)29-42-22-20-41(21-23-43(30-39(47)48)25-27-44(26-24-42)31-40(49)50)28-33-16-18-34(19-17-33)32-51(35-10-4-1-5-11-35,36-12-6-2-7-13-36)37-14-8-3-9-15-37;3-2(4,5)1(6)7;;;/h1-19H,20-32H2,(H2-,45,46,47,48,49,50);(H,6,7);;2*1H2/q;;+3;;/p-3. The number of hydrogen-bond donors (Lipinski definition) is 0. The Morgan fingerprint density at radius 1 is 0.475 bits per heavy atom. The maximum atomic E-state index is 11.6. The molecule has 4 aromatic carbocycles. The summed E-state index contributed by atoms with van der Waals surface area (Å²) in [4.78, 5) is 50.7. The zero-order chi connectivity index (χ0) is 42.1. The Bertz CT molecular complexity index is 1790. The van der Waals surface area contributed by atoms with Gasteiger partial charge in [0.25, 0.3) is 0 Å². The van der Waals surface area contributed by atoms with Crippen LogP contribution >= 0.6 is 7.26 Å². The molecule has 0 aromatic heterocycles. The second-order valence-corrected chi connectivity index (χ2v) is 17.3. The fraction of sp³-hybridized carbons (Fsp3) is 0.333. The molecule has 1 heterocycles. The number of halogens is 3. The normalized spacial score (nSPS) is 14.8. The fourth-order valence-electron chi connectivity index (χ4n) is 6.81. The van der Waals surface area contributed by atoms with Gasteiger partial charge >= 0.3 is 46.1 Å². The van der Waals surface area contributed by atoms with Crippen molar-refractivity contribution < 1.29 is 104 Å². The Kier molecular flexibility index (Phi) is 24.6. The molecule has 1 aliphatic heterocycles. The predicted octanol–water partition coefficient (Wildman–Crippen LogP) is -3.20. The van der Waals surface area contributed by atoms with Crippen molar-refractivity contribution in [3.63, 3.8) is 0 Å². The van der Waals surface area contributed by atoms with E-state index in [9.17, 15) is 42.9 Å². The number of rotatable bonds is 13. The molecule has 19 heteroatoms. The molecule has 4 N–H and O–H groups in total. The molecule has 1 aliphatic rings. The molecule has 4 aromatic rings. The van der Waals surface area contributed by atoms with Crippen LogP contribution in [0.4, 0.5) is 13.2 Å². The van der Waals surface area contributed by atoms with Gasteiger partial charge in [-0.1, -0.05) is 78.9 Å². The summed E-state index contributed by atoms with van der Waals surface area (Å²) in [5.74, 6) is -6.65. The minimum atomic E-state index is -5.19. The van der Waals surface area contributed by atoms with Crippen molar-refractivity contribution in [2.24, 2.45) is 0 Å². The van der Waals surface area contributed by atoms with E-state index in [2.05, 4.69) is 120 Å². The maximum absolute atomic E-state index is 11.6. The summed E-state index contributed by atoms with van der Waals surface area (Å²) in [6, 6.07) is 41.0. The number of carbonyl (C=O) groups is 4. The number of carboxylic acid groups (broad SMARTS) is 4. The smallest absolute Gasteiger partial charge is 0.549 e. The van der Waals surface area contributed by atoms with Crippen LogP contribution in [-0.2, 0) is 31.9 Å². The SMILES string of the molecule is O.O.O=C([O-])C(F)(F)F.O=C([O-])CN1CCN(CC(=O)[O-])CCN(Cc2ccc(C[P+](c3ccccc3)(c3ccccc3)c3ccccc3)cc2)CCN(CC(=O)[O-])CC1.[Gd+3]. The van der Waals surface area contributed by atoms with E-state index < -0.39 is 37.3 Å². The van der Waals surface area contributed by atoms with Gasteiger partial charge in [0.05, 0.1) is 24.1 Å². The van der Waals surface area contributed by atoms with Gasteiger partial charge in [-0.05, 0) is 47.5 Å². The second-order valence-electron chi connectivity index (χ2n) is 13.8. The summed E-state index contributed by atoms with van der Waals surface area (Å²) in [5, 5.41) is 47.2. The molecule has 5 rings (SSSR count). The van der Waals surface area contributed by atoms with Crippen molar-refractivity contribution in [3.8, 4) is 0 Å². The van der Waals surface area contributed by atoms with Gasteiger partial charge in [0.15, 0.2) is 0 Å². The van der Waals surface area contributed by atoms with Crippen molar-refractivity contribution in [2.75, 3.05) is 72.0 Å². The molecule has 0 amide bonds. The first-order valence-electron chi connectivity index (χ1n) is 18.6. The first-order valence-corrected chi connectivity index (χ1v) is 20.5. The van der Waals surface area contributed by atoms with E-state index in [4.69, 9.17) is 9.90 Å². The number of hydrogen-bond acceptors (Lipinski definition) is 12. The Morgan fingerprint density at radius 3 is 1.00 bits per heavy atom. The summed E-state index contributed by atoms with van der Waals surface area (Å²) < 4.78 is 31.5. The molecule has 61 heavy (non-hydrogen) atoms. The van der Waals surface area contributed by atoms with Crippen LogP contribution in [0.2, 0.25) is 0 Å². The molecular formula is C42H49F3GdN4O10P. The molecule has 1 radical (unpaired) electrons.